The van der Waals surface area contributed by atoms with Crippen LogP contribution in [0.4, 0.5) is 0 Å². The van der Waals surface area contributed by atoms with Crippen LogP contribution >= 0.6 is 11.3 Å². The Morgan fingerprint density at radius 1 is 1.37 bits per heavy atom. The summed E-state index contributed by atoms with van der Waals surface area (Å²) in [5, 5.41) is 5.67. The fourth-order valence-corrected chi connectivity index (χ4v) is 2.79. The quantitative estimate of drug-likeness (QED) is 0.715. The van der Waals surface area contributed by atoms with Gasteiger partial charge in [-0.2, -0.15) is 0 Å². The van der Waals surface area contributed by atoms with Crippen LogP contribution in [0.3, 0.4) is 0 Å². The normalized spacial score (nSPS) is 13.4. The van der Waals surface area contributed by atoms with Gasteiger partial charge in [0.15, 0.2) is 0 Å². The molecule has 1 atom stereocenters. The number of ether oxygens (including phenoxy) is 1. The molecule has 0 saturated heterocycles. The summed E-state index contributed by atoms with van der Waals surface area (Å²) in [7, 11) is 1.77. The van der Waals surface area contributed by atoms with Gasteiger partial charge in [-0.3, -0.25) is 4.90 Å². The number of hydrogen-bond donors (Lipinski definition) is 1. The maximum atomic E-state index is 5.21. The lowest BCUT2D eigenvalue weighted by Gasteiger charge is -2.30. The molecule has 1 heterocycles. The highest BCUT2D eigenvalue weighted by Crippen LogP contribution is 2.08. The Bertz CT molecular complexity index is 314. The molecule has 0 aromatic carbocycles. The second-order valence-corrected chi connectivity index (χ2v) is 6.47. The Morgan fingerprint density at radius 3 is 2.74 bits per heavy atom. The topological polar surface area (TPSA) is 24.5 Å². The third kappa shape index (κ3) is 7.06. The van der Waals surface area contributed by atoms with E-state index in [1.165, 1.54) is 4.88 Å². The van der Waals surface area contributed by atoms with Gasteiger partial charge >= 0.3 is 0 Å². The maximum Gasteiger partial charge on any atom is 0.0589 e. The number of hydrogen-bond acceptors (Lipinski definition) is 4. The SMILES string of the molecule is COCCN(CC(C)C)C(C)CNCc1cccs1. The van der Waals surface area contributed by atoms with E-state index in [1.54, 1.807) is 7.11 Å². The number of methoxy groups -OCH3 is 1. The molecule has 1 rings (SSSR count). The lowest BCUT2D eigenvalue weighted by Crippen LogP contribution is -2.43. The van der Waals surface area contributed by atoms with E-state index in [-0.39, 0.29) is 0 Å². The minimum absolute atomic E-state index is 0.539. The summed E-state index contributed by atoms with van der Waals surface area (Å²) in [6, 6.07) is 4.82. The van der Waals surface area contributed by atoms with Crippen LogP contribution in [0, 0.1) is 5.92 Å². The van der Waals surface area contributed by atoms with Gasteiger partial charge in [-0.1, -0.05) is 19.9 Å². The number of nitrogens with zero attached hydrogens (tertiary/aromatic N) is 1. The summed E-state index contributed by atoms with van der Waals surface area (Å²) in [5.41, 5.74) is 0. The van der Waals surface area contributed by atoms with Gasteiger partial charge in [0.2, 0.25) is 0 Å². The minimum Gasteiger partial charge on any atom is -0.383 e. The van der Waals surface area contributed by atoms with Crippen molar-refractivity contribution in [2.45, 2.75) is 33.4 Å². The van der Waals surface area contributed by atoms with Crippen molar-refractivity contribution in [3.63, 3.8) is 0 Å². The maximum absolute atomic E-state index is 5.21. The molecule has 1 unspecified atom stereocenters. The summed E-state index contributed by atoms with van der Waals surface area (Å²) < 4.78 is 5.21. The van der Waals surface area contributed by atoms with Crippen LogP contribution in [0.1, 0.15) is 25.6 Å². The molecule has 3 nitrogen and oxygen atoms in total. The van der Waals surface area contributed by atoms with Crippen LogP contribution in [-0.4, -0.2) is 44.3 Å². The van der Waals surface area contributed by atoms with Crippen LogP contribution in [0.15, 0.2) is 17.5 Å². The molecule has 0 saturated carbocycles. The first-order valence-corrected chi connectivity index (χ1v) is 7.97. The van der Waals surface area contributed by atoms with E-state index in [1.807, 2.05) is 11.3 Å². The third-order valence-corrected chi connectivity index (χ3v) is 4.00. The fraction of sp³-hybridized carbons (Fsp3) is 0.733. The van der Waals surface area contributed by atoms with Crippen molar-refractivity contribution in [3.05, 3.63) is 22.4 Å². The van der Waals surface area contributed by atoms with Crippen molar-refractivity contribution in [2.24, 2.45) is 5.92 Å². The van der Waals surface area contributed by atoms with Crippen LogP contribution in [-0.2, 0) is 11.3 Å². The summed E-state index contributed by atoms with van der Waals surface area (Å²) in [6.07, 6.45) is 0. The van der Waals surface area contributed by atoms with Crippen molar-refractivity contribution in [1.29, 1.82) is 0 Å². The molecule has 110 valence electrons. The lowest BCUT2D eigenvalue weighted by atomic mass is 10.1. The zero-order valence-corrected chi connectivity index (χ0v) is 13.5. The summed E-state index contributed by atoms with van der Waals surface area (Å²) in [5.74, 6) is 0.691. The smallest absolute Gasteiger partial charge is 0.0589 e. The summed E-state index contributed by atoms with van der Waals surface area (Å²) >= 11 is 1.81. The Kier molecular flexibility index (Phi) is 8.30. The first kappa shape index (κ1) is 16.6. The molecule has 0 aliphatic heterocycles. The van der Waals surface area contributed by atoms with Gasteiger partial charge in [0.25, 0.3) is 0 Å². The van der Waals surface area contributed by atoms with Crippen molar-refractivity contribution in [3.8, 4) is 0 Å². The first-order chi connectivity index (χ1) is 9.13. The van der Waals surface area contributed by atoms with Gasteiger partial charge in [-0.05, 0) is 24.3 Å². The second kappa shape index (κ2) is 9.48. The Hall–Kier alpha value is -0.420. The van der Waals surface area contributed by atoms with E-state index in [0.717, 1.165) is 32.8 Å². The molecular weight excluding hydrogens is 256 g/mol. The lowest BCUT2D eigenvalue weighted by molar-refractivity contribution is 0.114. The molecule has 0 amide bonds. The highest BCUT2D eigenvalue weighted by molar-refractivity contribution is 7.09. The Morgan fingerprint density at radius 2 is 2.16 bits per heavy atom. The molecule has 19 heavy (non-hydrogen) atoms. The van der Waals surface area contributed by atoms with Crippen LogP contribution in [0.25, 0.3) is 0 Å². The van der Waals surface area contributed by atoms with Gasteiger partial charge in [-0.15, -0.1) is 11.3 Å². The summed E-state index contributed by atoms with van der Waals surface area (Å²) in [6.45, 7) is 11.8. The van der Waals surface area contributed by atoms with Crippen molar-refractivity contribution in [2.75, 3.05) is 33.4 Å². The van der Waals surface area contributed by atoms with E-state index in [2.05, 4.69) is 48.5 Å². The largest absolute Gasteiger partial charge is 0.383 e. The number of nitrogens with one attached hydrogen (secondary N) is 1. The van der Waals surface area contributed by atoms with Crippen LogP contribution in [0.5, 0.6) is 0 Å². The minimum atomic E-state index is 0.539. The molecule has 1 aromatic rings. The zero-order valence-electron chi connectivity index (χ0n) is 12.7. The van der Waals surface area contributed by atoms with Gasteiger partial charge in [0, 0.05) is 44.2 Å². The summed E-state index contributed by atoms with van der Waals surface area (Å²) in [4.78, 5) is 3.91. The molecule has 0 radical (unpaired) electrons. The molecule has 0 aliphatic carbocycles. The zero-order chi connectivity index (χ0) is 14.1. The molecule has 1 N–H and O–H groups in total. The van der Waals surface area contributed by atoms with E-state index in [9.17, 15) is 0 Å². The Labute approximate surface area is 122 Å². The van der Waals surface area contributed by atoms with E-state index < -0.39 is 0 Å². The molecule has 1 aromatic heterocycles. The second-order valence-electron chi connectivity index (χ2n) is 5.44. The van der Waals surface area contributed by atoms with Crippen molar-refractivity contribution in [1.82, 2.24) is 10.2 Å². The van der Waals surface area contributed by atoms with E-state index in [0.29, 0.717) is 12.0 Å². The van der Waals surface area contributed by atoms with Crippen LogP contribution in [0.2, 0.25) is 0 Å². The molecule has 0 fully saturated rings. The fourth-order valence-electron chi connectivity index (χ4n) is 2.12. The average Bonchev–Trinajstić information content (AvgIpc) is 2.87. The first-order valence-electron chi connectivity index (χ1n) is 7.09. The monoisotopic (exact) mass is 284 g/mol. The molecule has 0 spiro atoms. The molecular formula is C15H28N2OS. The molecule has 4 heteroatoms. The van der Waals surface area contributed by atoms with Crippen LogP contribution < -0.4 is 5.32 Å². The highest BCUT2D eigenvalue weighted by Gasteiger charge is 2.14. The number of thiophene rings is 1. The molecule has 0 bridgehead atoms. The van der Waals surface area contributed by atoms with Gasteiger partial charge in [0.1, 0.15) is 0 Å². The van der Waals surface area contributed by atoms with Crippen molar-refractivity contribution >= 4 is 11.3 Å². The van der Waals surface area contributed by atoms with Crippen molar-refractivity contribution < 1.29 is 4.74 Å². The molecule has 0 aliphatic rings. The Balaban J connectivity index is 2.30. The van der Waals surface area contributed by atoms with E-state index in [4.69, 9.17) is 4.74 Å². The standard InChI is InChI=1S/C15H28N2OS/c1-13(2)12-17(7-8-18-4)14(3)10-16-11-15-6-5-9-19-15/h5-6,9,13-14,16H,7-8,10-12H2,1-4H3. The third-order valence-electron chi connectivity index (χ3n) is 3.12. The highest BCUT2D eigenvalue weighted by atomic mass is 32.1. The average molecular weight is 284 g/mol. The van der Waals surface area contributed by atoms with E-state index >= 15 is 0 Å². The van der Waals surface area contributed by atoms with Gasteiger partial charge < -0.3 is 10.1 Å². The number of rotatable bonds is 10. The van der Waals surface area contributed by atoms with Gasteiger partial charge in [-0.25, -0.2) is 0 Å². The predicted molar refractivity (Wildman–Crippen MR) is 83.8 cm³/mol. The predicted octanol–water partition coefficient (Wildman–Crippen LogP) is 2.83. The van der Waals surface area contributed by atoms with Gasteiger partial charge in [0.05, 0.1) is 6.61 Å².